The van der Waals surface area contributed by atoms with Gasteiger partial charge in [0.1, 0.15) is 5.82 Å². The largest absolute Gasteiger partial charge is 0.205 e. The second-order valence-electron chi connectivity index (χ2n) is 7.61. The van der Waals surface area contributed by atoms with Crippen LogP contribution in [0.1, 0.15) is 42.5 Å². The average molecular weight is 393 g/mol. The predicted molar refractivity (Wildman–Crippen MR) is 125 cm³/mol. The maximum Gasteiger partial charge on any atom is 0.146 e. The molecule has 0 saturated carbocycles. The minimum absolute atomic E-state index is 0.244. The lowest BCUT2D eigenvalue weighted by Gasteiger charge is -2.05. The molecule has 0 aliphatic heterocycles. The molecule has 0 amide bonds. The molecule has 0 radical (unpaired) electrons. The van der Waals surface area contributed by atoms with Gasteiger partial charge in [-0.1, -0.05) is 92.8 Å². The van der Waals surface area contributed by atoms with E-state index in [1.165, 1.54) is 16.7 Å². The third kappa shape index (κ3) is 4.29. The molecule has 0 saturated heterocycles. The first-order valence-electron chi connectivity index (χ1n) is 10.6. The summed E-state index contributed by atoms with van der Waals surface area (Å²) >= 11 is 0. The first kappa shape index (κ1) is 19.9. The van der Waals surface area contributed by atoms with E-state index in [1.807, 2.05) is 36.4 Å². The second-order valence-corrected chi connectivity index (χ2v) is 7.61. The smallest absolute Gasteiger partial charge is 0.146 e. The molecule has 0 spiro atoms. The van der Waals surface area contributed by atoms with Gasteiger partial charge in [-0.2, -0.15) is 0 Å². The van der Waals surface area contributed by atoms with Crippen LogP contribution in [-0.4, -0.2) is 0 Å². The van der Waals surface area contributed by atoms with Crippen LogP contribution < -0.4 is 0 Å². The Labute approximate surface area is 178 Å². The Bertz CT molecular complexity index is 1220. The Hall–Kier alpha value is -3.37. The SMILES string of the molecule is CCCc1ccc(-c2ccc(C#Cc3ccc4cc(CC)ccc4c3F)cc2)cc1. The summed E-state index contributed by atoms with van der Waals surface area (Å²) in [5.74, 6) is 5.87. The van der Waals surface area contributed by atoms with Crippen LogP contribution in [0.2, 0.25) is 0 Å². The van der Waals surface area contributed by atoms with E-state index in [4.69, 9.17) is 0 Å². The molecule has 0 nitrogen and oxygen atoms in total. The van der Waals surface area contributed by atoms with Gasteiger partial charge in [0.2, 0.25) is 0 Å². The summed E-state index contributed by atoms with van der Waals surface area (Å²) in [6, 6.07) is 26.5. The number of fused-ring (bicyclic) bond motifs is 1. The van der Waals surface area contributed by atoms with Crippen LogP contribution >= 0.6 is 0 Å². The van der Waals surface area contributed by atoms with Gasteiger partial charge in [-0.3, -0.25) is 0 Å². The van der Waals surface area contributed by atoms with Crippen LogP contribution in [0.4, 0.5) is 4.39 Å². The van der Waals surface area contributed by atoms with Crippen LogP contribution in [-0.2, 0) is 12.8 Å². The first-order chi connectivity index (χ1) is 14.7. The van der Waals surface area contributed by atoms with Crippen molar-refractivity contribution in [3.8, 4) is 23.0 Å². The maximum absolute atomic E-state index is 14.9. The van der Waals surface area contributed by atoms with Gasteiger partial charge in [0.05, 0.1) is 5.56 Å². The van der Waals surface area contributed by atoms with E-state index >= 15 is 0 Å². The van der Waals surface area contributed by atoms with Crippen molar-refractivity contribution in [1.82, 2.24) is 0 Å². The van der Waals surface area contributed by atoms with E-state index in [0.29, 0.717) is 10.9 Å². The maximum atomic E-state index is 14.9. The van der Waals surface area contributed by atoms with Crippen molar-refractivity contribution in [3.63, 3.8) is 0 Å². The zero-order valence-corrected chi connectivity index (χ0v) is 17.5. The van der Waals surface area contributed by atoms with Crippen LogP contribution in [0.3, 0.4) is 0 Å². The third-order valence-electron chi connectivity index (χ3n) is 5.48. The van der Waals surface area contributed by atoms with E-state index in [-0.39, 0.29) is 5.82 Å². The molecule has 0 fully saturated rings. The van der Waals surface area contributed by atoms with E-state index < -0.39 is 0 Å². The molecule has 0 heterocycles. The van der Waals surface area contributed by atoms with Crippen molar-refractivity contribution in [2.75, 3.05) is 0 Å². The monoisotopic (exact) mass is 392 g/mol. The zero-order chi connectivity index (χ0) is 20.9. The van der Waals surface area contributed by atoms with Gasteiger partial charge in [-0.15, -0.1) is 0 Å². The highest BCUT2D eigenvalue weighted by Crippen LogP contribution is 2.23. The van der Waals surface area contributed by atoms with Gasteiger partial charge >= 0.3 is 0 Å². The summed E-state index contributed by atoms with van der Waals surface area (Å²) in [7, 11) is 0. The molecular formula is C29H25F. The standard InChI is InChI=1S/C29H25F/c1-3-5-22-6-12-24(13-7-22)25-14-8-23(9-15-25)10-16-26-17-18-27-20-21(4-2)11-19-28(27)29(26)30/h6-9,11-15,17-20H,3-5H2,1-2H3. The normalized spacial score (nSPS) is 10.6. The van der Waals surface area contributed by atoms with Crippen molar-refractivity contribution in [2.45, 2.75) is 33.1 Å². The lowest BCUT2D eigenvalue weighted by Crippen LogP contribution is -1.88. The summed E-state index contributed by atoms with van der Waals surface area (Å²) in [6.45, 7) is 4.30. The van der Waals surface area contributed by atoms with E-state index in [1.54, 1.807) is 6.07 Å². The summed E-state index contributed by atoms with van der Waals surface area (Å²) < 4.78 is 14.9. The fraction of sp³-hybridized carbons (Fsp3) is 0.172. The van der Waals surface area contributed by atoms with E-state index in [2.05, 4.69) is 62.1 Å². The number of halogens is 1. The average Bonchev–Trinajstić information content (AvgIpc) is 2.79. The summed E-state index contributed by atoms with van der Waals surface area (Å²) in [5.41, 5.74) is 6.24. The molecule has 0 N–H and O–H groups in total. The predicted octanol–water partition coefficient (Wildman–Crippen LogP) is 7.56. The number of hydrogen-bond donors (Lipinski definition) is 0. The van der Waals surface area contributed by atoms with Crippen LogP contribution in [0.25, 0.3) is 21.9 Å². The Balaban J connectivity index is 1.56. The molecule has 0 unspecified atom stereocenters. The van der Waals surface area contributed by atoms with Crippen LogP contribution in [0.5, 0.6) is 0 Å². The number of rotatable bonds is 4. The van der Waals surface area contributed by atoms with E-state index in [0.717, 1.165) is 35.8 Å². The molecular weight excluding hydrogens is 367 g/mol. The number of aryl methyl sites for hydroxylation is 2. The lowest BCUT2D eigenvalue weighted by atomic mass is 10.0. The molecule has 4 rings (SSSR count). The van der Waals surface area contributed by atoms with Crippen molar-refractivity contribution in [1.29, 1.82) is 0 Å². The second kappa shape index (κ2) is 8.97. The molecule has 0 atom stereocenters. The van der Waals surface area contributed by atoms with Gasteiger partial charge in [0, 0.05) is 10.9 Å². The lowest BCUT2D eigenvalue weighted by molar-refractivity contribution is 0.636. The van der Waals surface area contributed by atoms with Gasteiger partial charge in [0.15, 0.2) is 0 Å². The molecule has 1 heteroatoms. The van der Waals surface area contributed by atoms with Crippen molar-refractivity contribution >= 4 is 10.8 Å². The highest BCUT2D eigenvalue weighted by atomic mass is 19.1. The van der Waals surface area contributed by atoms with Crippen molar-refractivity contribution in [3.05, 3.63) is 107 Å². The number of hydrogen-bond acceptors (Lipinski definition) is 0. The molecule has 0 bridgehead atoms. The van der Waals surface area contributed by atoms with Crippen LogP contribution in [0, 0.1) is 17.7 Å². The minimum Gasteiger partial charge on any atom is -0.205 e. The minimum atomic E-state index is -0.244. The van der Waals surface area contributed by atoms with Gasteiger partial charge < -0.3 is 0 Å². The topological polar surface area (TPSA) is 0 Å². The molecule has 148 valence electrons. The molecule has 4 aromatic carbocycles. The highest BCUT2D eigenvalue weighted by molar-refractivity contribution is 5.85. The number of benzene rings is 4. The van der Waals surface area contributed by atoms with Crippen molar-refractivity contribution < 1.29 is 4.39 Å². The third-order valence-corrected chi connectivity index (χ3v) is 5.48. The summed E-state index contributed by atoms with van der Waals surface area (Å²) in [4.78, 5) is 0. The quantitative estimate of drug-likeness (QED) is 0.314. The van der Waals surface area contributed by atoms with E-state index in [9.17, 15) is 4.39 Å². The fourth-order valence-electron chi connectivity index (χ4n) is 3.70. The Morgan fingerprint density at radius 2 is 1.37 bits per heavy atom. The fourth-order valence-corrected chi connectivity index (χ4v) is 3.70. The Morgan fingerprint density at radius 3 is 2.03 bits per heavy atom. The van der Waals surface area contributed by atoms with Crippen LogP contribution in [0.15, 0.2) is 78.9 Å². The molecule has 0 aliphatic carbocycles. The zero-order valence-electron chi connectivity index (χ0n) is 17.5. The Morgan fingerprint density at radius 1 is 0.700 bits per heavy atom. The first-order valence-corrected chi connectivity index (χ1v) is 10.6. The summed E-state index contributed by atoms with van der Waals surface area (Å²) in [6.07, 6.45) is 3.21. The molecule has 4 aromatic rings. The molecule has 0 aromatic heterocycles. The van der Waals surface area contributed by atoms with Crippen molar-refractivity contribution in [2.24, 2.45) is 0 Å². The Kier molecular flexibility index (Phi) is 5.96. The molecule has 30 heavy (non-hydrogen) atoms. The molecule has 0 aliphatic rings. The van der Waals surface area contributed by atoms with Gasteiger partial charge in [-0.05, 0) is 58.7 Å². The van der Waals surface area contributed by atoms with Gasteiger partial charge in [0.25, 0.3) is 0 Å². The highest BCUT2D eigenvalue weighted by Gasteiger charge is 2.06. The summed E-state index contributed by atoms with van der Waals surface area (Å²) in [5, 5.41) is 1.55. The van der Waals surface area contributed by atoms with Gasteiger partial charge in [-0.25, -0.2) is 4.39 Å².